The average Bonchev–Trinajstić information content (AvgIpc) is 2.35. The first-order chi connectivity index (χ1) is 8.80. The summed E-state index contributed by atoms with van der Waals surface area (Å²) in [5.41, 5.74) is 0.252. The lowest BCUT2D eigenvalue weighted by atomic mass is 10.2. The van der Waals surface area contributed by atoms with Gasteiger partial charge in [-0.1, -0.05) is 22.0 Å². The summed E-state index contributed by atoms with van der Waals surface area (Å²) in [6.45, 7) is 1.93. The summed E-state index contributed by atoms with van der Waals surface area (Å²) in [5, 5.41) is 11.5. The van der Waals surface area contributed by atoms with Crippen LogP contribution in [0, 0.1) is 17.0 Å². The fraction of sp³-hybridized carbons (Fsp3) is 0.455. The lowest BCUT2D eigenvalue weighted by molar-refractivity contribution is -0.385. The second-order valence-electron chi connectivity index (χ2n) is 4.07. The Kier molecular flexibility index (Phi) is 5.45. The highest BCUT2D eigenvalue weighted by Crippen LogP contribution is 2.24. The number of aryl methyl sites for hydroxylation is 1. The minimum atomic E-state index is -3.68. The smallest absolute Gasteiger partial charge is 0.258 e. The topological polar surface area (TPSA) is 80.5 Å². The molecule has 0 N–H and O–H groups in total. The standard InChI is InChI=1S/C11H15BrN2O4S/c1-9-4-5-10(8-11(9)14(15)16)19(17,18)13(2)7-3-6-12/h4-5,8H,3,6-7H2,1-2H3. The summed E-state index contributed by atoms with van der Waals surface area (Å²) < 4.78 is 25.6. The number of nitrogens with zero attached hydrogens (tertiary/aromatic N) is 2. The van der Waals surface area contributed by atoms with Crippen molar-refractivity contribution in [2.75, 3.05) is 18.9 Å². The van der Waals surface area contributed by atoms with E-state index < -0.39 is 14.9 Å². The molecule has 106 valence electrons. The number of nitro groups is 1. The Morgan fingerprint density at radius 1 is 1.42 bits per heavy atom. The molecule has 0 fully saturated rings. The molecule has 0 heterocycles. The van der Waals surface area contributed by atoms with Gasteiger partial charge in [0.2, 0.25) is 10.0 Å². The van der Waals surface area contributed by atoms with Crippen molar-refractivity contribution in [1.82, 2.24) is 4.31 Å². The highest BCUT2D eigenvalue weighted by Gasteiger charge is 2.23. The van der Waals surface area contributed by atoms with Crippen LogP contribution in [-0.4, -0.2) is 36.6 Å². The third-order valence-electron chi connectivity index (χ3n) is 2.69. The second-order valence-corrected chi connectivity index (χ2v) is 6.91. The van der Waals surface area contributed by atoms with Gasteiger partial charge in [0.05, 0.1) is 9.82 Å². The van der Waals surface area contributed by atoms with Crippen molar-refractivity contribution in [3.05, 3.63) is 33.9 Å². The van der Waals surface area contributed by atoms with Crippen LogP contribution in [0.2, 0.25) is 0 Å². The monoisotopic (exact) mass is 350 g/mol. The predicted octanol–water partition coefficient (Wildman–Crippen LogP) is 2.31. The van der Waals surface area contributed by atoms with Crippen LogP contribution in [0.15, 0.2) is 23.1 Å². The van der Waals surface area contributed by atoms with Crippen molar-refractivity contribution in [2.24, 2.45) is 0 Å². The van der Waals surface area contributed by atoms with Crippen molar-refractivity contribution >= 4 is 31.6 Å². The number of halogens is 1. The van der Waals surface area contributed by atoms with Gasteiger partial charge in [0, 0.05) is 30.6 Å². The van der Waals surface area contributed by atoms with Gasteiger partial charge in [-0.3, -0.25) is 10.1 Å². The van der Waals surface area contributed by atoms with Crippen molar-refractivity contribution in [1.29, 1.82) is 0 Å². The van der Waals surface area contributed by atoms with E-state index in [2.05, 4.69) is 15.9 Å². The summed E-state index contributed by atoms with van der Waals surface area (Å²) >= 11 is 3.23. The Morgan fingerprint density at radius 2 is 2.05 bits per heavy atom. The fourth-order valence-electron chi connectivity index (χ4n) is 1.53. The number of nitro benzene ring substituents is 1. The van der Waals surface area contributed by atoms with E-state index >= 15 is 0 Å². The first-order valence-electron chi connectivity index (χ1n) is 5.58. The number of benzene rings is 1. The van der Waals surface area contributed by atoms with Crippen LogP contribution in [0.3, 0.4) is 0 Å². The third kappa shape index (κ3) is 3.74. The molecule has 0 saturated heterocycles. The minimum Gasteiger partial charge on any atom is -0.258 e. The van der Waals surface area contributed by atoms with E-state index in [0.29, 0.717) is 23.9 Å². The van der Waals surface area contributed by atoms with E-state index in [1.165, 1.54) is 23.5 Å². The Balaban J connectivity index is 3.15. The van der Waals surface area contributed by atoms with Crippen LogP contribution < -0.4 is 0 Å². The number of rotatable bonds is 6. The van der Waals surface area contributed by atoms with Gasteiger partial charge >= 0.3 is 0 Å². The molecule has 6 nitrogen and oxygen atoms in total. The molecule has 0 aliphatic heterocycles. The molecule has 8 heteroatoms. The molecule has 0 aromatic heterocycles. The average molecular weight is 351 g/mol. The number of alkyl halides is 1. The van der Waals surface area contributed by atoms with E-state index in [1.54, 1.807) is 6.92 Å². The first-order valence-corrected chi connectivity index (χ1v) is 8.14. The van der Waals surface area contributed by atoms with Gasteiger partial charge in [0.1, 0.15) is 0 Å². The molecule has 19 heavy (non-hydrogen) atoms. The van der Waals surface area contributed by atoms with Gasteiger partial charge in [-0.2, -0.15) is 0 Å². The van der Waals surface area contributed by atoms with E-state index in [0.717, 1.165) is 6.07 Å². The Bertz CT molecular complexity index is 574. The molecule has 0 atom stereocenters. The van der Waals surface area contributed by atoms with E-state index in [9.17, 15) is 18.5 Å². The van der Waals surface area contributed by atoms with Crippen molar-refractivity contribution in [3.63, 3.8) is 0 Å². The zero-order chi connectivity index (χ0) is 14.6. The van der Waals surface area contributed by atoms with Crippen molar-refractivity contribution in [3.8, 4) is 0 Å². The largest absolute Gasteiger partial charge is 0.273 e. The molecule has 0 spiro atoms. The lowest BCUT2D eigenvalue weighted by Gasteiger charge is -2.16. The molecule has 0 radical (unpaired) electrons. The molecule has 0 saturated carbocycles. The van der Waals surface area contributed by atoms with Crippen molar-refractivity contribution < 1.29 is 13.3 Å². The number of hydrogen-bond donors (Lipinski definition) is 0. The second kappa shape index (κ2) is 6.44. The van der Waals surface area contributed by atoms with Crippen LogP contribution in [-0.2, 0) is 10.0 Å². The molecular weight excluding hydrogens is 336 g/mol. The van der Waals surface area contributed by atoms with Gasteiger partial charge in [0.25, 0.3) is 5.69 Å². The van der Waals surface area contributed by atoms with Crippen LogP contribution in [0.4, 0.5) is 5.69 Å². The summed E-state index contributed by atoms with van der Waals surface area (Å²) in [6, 6.07) is 3.95. The lowest BCUT2D eigenvalue weighted by Crippen LogP contribution is -2.28. The van der Waals surface area contributed by atoms with Crippen LogP contribution in [0.5, 0.6) is 0 Å². The highest BCUT2D eigenvalue weighted by atomic mass is 79.9. The van der Waals surface area contributed by atoms with Crippen LogP contribution >= 0.6 is 15.9 Å². The highest BCUT2D eigenvalue weighted by molar-refractivity contribution is 9.09. The predicted molar refractivity (Wildman–Crippen MR) is 76.1 cm³/mol. The van der Waals surface area contributed by atoms with Gasteiger partial charge in [-0.05, 0) is 19.4 Å². The van der Waals surface area contributed by atoms with Crippen LogP contribution in [0.1, 0.15) is 12.0 Å². The minimum absolute atomic E-state index is 0.0538. The molecule has 1 aromatic carbocycles. The van der Waals surface area contributed by atoms with Gasteiger partial charge < -0.3 is 0 Å². The zero-order valence-corrected chi connectivity index (χ0v) is 13.1. The maximum absolute atomic E-state index is 12.2. The molecule has 0 aliphatic carbocycles. The normalized spacial score (nSPS) is 11.8. The Morgan fingerprint density at radius 3 is 2.58 bits per heavy atom. The Hall–Kier alpha value is -0.990. The van der Waals surface area contributed by atoms with Gasteiger partial charge in [0.15, 0.2) is 0 Å². The maximum Gasteiger partial charge on any atom is 0.273 e. The van der Waals surface area contributed by atoms with Gasteiger partial charge in [-0.15, -0.1) is 0 Å². The number of sulfonamides is 1. The number of hydrogen-bond acceptors (Lipinski definition) is 4. The van der Waals surface area contributed by atoms with E-state index in [4.69, 9.17) is 0 Å². The maximum atomic E-state index is 12.2. The molecule has 1 rings (SSSR count). The molecular formula is C11H15BrN2O4S. The molecule has 0 bridgehead atoms. The van der Waals surface area contributed by atoms with Crippen molar-refractivity contribution in [2.45, 2.75) is 18.2 Å². The molecule has 0 amide bonds. The Labute approximate surface area is 120 Å². The summed E-state index contributed by atoms with van der Waals surface area (Å²) in [6.07, 6.45) is 0.670. The van der Waals surface area contributed by atoms with E-state index in [-0.39, 0.29) is 10.6 Å². The van der Waals surface area contributed by atoms with Crippen LogP contribution in [0.25, 0.3) is 0 Å². The zero-order valence-electron chi connectivity index (χ0n) is 10.7. The molecule has 0 unspecified atom stereocenters. The van der Waals surface area contributed by atoms with E-state index in [1.807, 2.05) is 0 Å². The SMILES string of the molecule is Cc1ccc(S(=O)(=O)N(C)CCCBr)cc1[N+](=O)[O-]. The summed E-state index contributed by atoms with van der Waals surface area (Å²) in [4.78, 5) is 10.2. The molecule has 0 aliphatic rings. The molecule has 1 aromatic rings. The fourth-order valence-corrected chi connectivity index (χ4v) is 3.01. The van der Waals surface area contributed by atoms with Gasteiger partial charge in [-0.25, -0.2) is 12.7 Å². The first kappa shape index (κ1) is 16.1. The third-order valence-corrected chi connectivity index (χ3v) is 5.11. The summed E-state index contributed by atoms with van der Waals surface area (Å²) in [5.74, 6) is 0. The quantitative estimate of drug-likeness (QED) is 0.447. The summed E-state index contributed by atoms with van der Waals surface area (Å²) in [7, 11) is -2.21.